The molecule has 0 atom stereocenters. The molecule has 3 aromatic rings. The molecule has 0 aliphatic carbocycles. The van der Waals surface area contributed by atoms with E-state index in [2.05, 4.69) is 29.2 Å². The lowest BCUT2D eigenvalue weighted by atomic mass is 10.1. The first-order valence-electron chi connectivity index (χ1n) is 5.88. The summed E-state index contributed by atoms with van der Waals surface area (Å²) < 4.78 is 0. The molecule has 1 N–H and O–H groups in total. The first kappa shape index (κ1) is 11.9. The maximum atomic E-state index is 10.7. The predicted octanol–water partition coefficient (Wildman–Crippen LogP) is 3.59. The van der Waals surface area contributed by atoms with Gasteiger partial charge in [0.2, 0.25) is 0 Å². The van der Waals surface area contributed by atoms with E-state index in [1.807, 2.05) is 23.6 Å². The van der Waals surface area contributed by atoms with Crippen LogP contribution in [0.25, 0.3) is 22.0 Å². The fourth-order valence-electron chi connectivity index (χ4n) is 2.00. The van der Waals surface area contributed by atoms with E-state index in [1.54, 1.807) is 0 Å². The molecule has 3 rings (SSSR count). The van der Waals surface area contributed by atoms with Crippen molar-refractivity contribution >= 4 is 28.1 Å². The Morgan fingerprint density at radius 2 is 1.95 bits per heavy atom. The number of hydrogen-bond donors (Lipinski definition) is 1. The smallest absolute Gasteiger partial charge is 0.310 e. The summed E-state index contributed by atoms with van der Waals surface area (Å²) >= 11 is 1.39. The van der Waals surface area contributed by atoms with Crippen LogP contribution in [-0.2, 0) is 11.2 Å². The normalized spacial score (nSPS) is 10.7. The quantitative estimate of drug-likeness (QED) is 0.790. The van der Waals surface area contributed by atoms with Crippen molar-refractivity contribution < 1.29 is 9.90 Å². The number of fused-ring (bicyclic) bond motifs is 1. The molecule has 0 saturated heterocycles. The molecule has 0 amide bonds. The first-order chi connectivity index (χ1) is 9.22. The van der Waals surface area contributed by atoms with Gasteiger partial charge in [0.05, 0.1) is 12.1 Å². The number of benzene rings is 2. The number of hydrogen-bond acceptors (Lipinski definition) is 3. The Bertz CT molecular complexity index is 748. The predicted molar refractivity (Wildman–Crippen MR) is 76.4 cm³/mol. The van der Waals surface area contributed by atoms with Crippen LogP contribution in [0.4, 0.5) is 0 Å². The molecule has 1 aromatic heterocycles. The van der Waals surface area contributed by atoms with Gasteiger partial charge in [-0.05, 0) is 16.8 Å². The van der Waals surface area contributed by atoms with Crippen LogP contribution in [0.2, 0.25) is 0 Å². The zero-order valence-corrected chi connectivity index (χ0v) is 10.9. The lowest BCUT2D eigenvalue weighted by Gasteiger charge is -2.00. The van der Waals surface area contributed by atoms with Crippen LogP contribution in [0.1, 0.15) is 5.01 Å². The topological polar surface area (TPSA) is 50.2 Å². The Labute approximate surface area is 114 Å². The zero-order chi connectivity index (χ0) is 13.2. The molecule has 0 saturated carbocycles. The van der Waals surface area contributed by atoms with Gasteiger partial charge in [-0.2, -0.15) is 0 Å². The van der Waals surface area contributed by atoms with E-state index in [1.165, 1.54) is 16.7 Å². The van der Waals surface area contributed by atoms with E-state index in [-0.39, 0.29) is 6.42 Å². The van der Waals surface area contributed by atoms with Crippen LogP contribution in [0.3, 0.4) is 0 Å². The van der Waals surface area contributed by atoms with Crippen molar-refractivity contribution in [3.8, 4) is 11.3 Å². The summed E-state index contributed by atoms with van der Waals surface area (Å²) in [4.78, 5) is 15.0. The van der Waals surface area contributed by atoms with Crippen molar-refractivity contribution in [2.24, 2.45) is 0 Å². The third-order valence-electron chi connectivity index (χ3n) is 2.90. The summed E-state index contributed by atoms with van der Waals surface area (Å²) in [6.45, 7) is 0. The van der Waals surface area contributed by atoms with Gasteiger partial charge in [0.1, 0.15) is 5.01 Å². The summed E-state index contributed by atoms with van der Waals surface area (Å²) in [6.07, 6.45) is -0.0156. The Morgan fingerprint density at radius 3 is 2.74 bits per heavy atom. The molecule has 0 aliphatic heterocycles. The molecule has 0 fully saturated rings. The summed E-state index contributed by atoms with van der Waals surface area (Å²) in [6, 6.07) is 14.3. The van der Waals surface area contributed by atoms with Gasteiger partial charge in [-0.3, -0.25) is 4.79 Å². The maximum Gasteiger partial charge on any atom is 0.310 e. The minimum atomic E-state index is -0.848. The number of thiazole rings is 1. The molecule has 0 radical (unpaired) electrons. The average molecular weight is 269 g/mol. The monoisotopic (exact) mass is 269 g/mol. The highest BCUT2D eigenvalue weighted by Gasteiger charge is 2.08. The fraction of sp³-hybridized carbons (Fsp3) is 0.0667. The van der Waals surface area contributed by atoms with E-state index >= 15 is 0 Å². The number of aromatic nitrogens is 1. The van der Waals surface area contributed by atoms with Gasteiger partial charge in [-0.1, -0.05) is 36.4 Å². The molecule has 0 aliphatic rings. The van der Waals surface area contributed by atoms with Gasteiger partial charge >= 0.3 is 5.97 Å². The number of aliphatic carboxylic acids is 1. The Morgan fingerprint density at radius 1 is 1.16 bits per heavy atom. The fourth-order valence-corrected chi connectivity index (χ4v) is 2.80. The van der Waals surface area contributed by atoms with Gasteiger partial charge in [0.15, 0.2) is 0 Å². The molecule has 0 unspecified atom stereocenters. The van der Waals surface area contributed by atoms with Crippen LogP contribution >= 0.6 is 11.3 Å². The highest BCUT2D eigenvalue weighted by molar-refractivity contribution is 7.10. The molecule has 0 spiro atoms. The number of rotatable bonds is 3. The lowest BCUT2D eigenvalue weighted by Crippen LogP contribution is -1.99. The van der Waals surface area contributed by atoms with Crippen molar-refractivity contribution in [1.29, 1.82) is 0 Å². The number of carboxylic acid groups (broad SMARTS) is 1. The summed E-state index contributed by atoms with van der Waals surface area (Å²) in [5, 5.41) is 13.6. The van der Waals surface area contributed by atoms with E-state index in [0.717, 1.165) is 16.6 Å². The van der Waals surface area contributed by atoms with Crippen LogP contribution in [0.15, 0.2) is 47.8 Å². The van der Waals surface area contributed by atoms with Crippen LogP contribution in [0.5, 0.6) is 0 Å². The molecular weight excluding hydrogens is 258 g/mol. The summed E-state index contributed by atoms with van der Waals surface area (Å²) in [7, 11) is 0. The van der Waals surface area contributed by atoms with Crippen molar-refractivity contribution in [2.75, 3.05) is 0 Å². The Kier molecular flexibility index (Phi) is 3.01. The highest BCUT2D eigenvalue weighted by atomic mass is 32.1. The maximum absolute atomic E-state index is 10.7. The number of carbonyl (C=O) groups is 1. The number of carboxylic acids is 1. The Hall–Kier alpha value is -2.20. The third kappa shape index (κ3) is 2.48. The van der Waals surface area contributed by atoms with E-state index in [4.69, 9.17) is 5.11 Å². The second kappa shape index (κ2) is 4.82. The minimum Gasteiger partial charge on any atom is -0.481 e. The van der Waals surface area contributed by atoms with Crippen molar-refractivity contribution in [3.63, 3.8) is 0 Å². The molecule has 4 heteroatoms. The lowest BCUT2D eigenvalue weighted by molar-refractivity contribution is -0.136. The minimum absolute atomic E-state index is 0.0156. The molecule has 3 nitrogen and oxygen atoms in total. The van der Waals surface area contributed by atoms with E-state index in [0.29, 0.717) is 5.01 Å². The standard InChI is InChI=1S/C15H11NO2S/c17-15(18)8-14-16-13(9-19-14)12-6-5-10-3-1-2-4-11(10)7-12/h1-7,9H,8H2,(H,17,18). The van der Waals surface area contributed by atoms with Crippen LogP contribution < -0.4 is 0 Å². The molecular formula is C15H11NO2S. The largest absolute Gasteiger partial charge is 0.481 e. The molecule has 94 valence electrons. The summed E-state index contributed by atoms with van der Waals surface area (Å²) in [5.74, 6) is -0.848. The van der Waals surface area contributed by atoms with Crippen LogP contribution in [-0.4, -0.2) is 16.1 Å². The third-order valence-corrected chi connectivity index (χ3v) is 3.75. The SMILES string of the molecule is O=C(O)Cc1nc(-c2ccc3ccccc3c2)cs1. The van der Waals surface area contributed by atoms with Crippen molar-refractivity contribution in [1.82, 2.24) is 4.98 Å². The van der Waals surface area contributed by atoms with Crippen molar-refractivity contribution in [2.45, 2.75) is 6.42 Å². The highest BCUT2D eigenvalue weighted by Crippen LogP contribution is 2.25. The van der Waals surface area contributed by atoms with Crippen LogP contribution in [0, 0.1) is 0 Å². The van der Waals surface area contributed by atoms with E-state index in [9.17, 15) is 4.79 Å². The van der Waals surface area contributed by atoms with E-state index < -0.39 is 5.97 Å². The number of nitrogens with zero attached hydrogens (tertiary/aromatic N) is 1. The second-order valence-corrected chi connectivity index (χ2v) is 5.20. The Balaban J connectivity index is 1.99. The van der Waals surface area contributed by atoms with Gasteiger partial charge in [-0.15, -0.1) is 11.3 Å². The van der Waals surface area contributed by atoms with Gasteiger partial charge in [0, 0.05) is 10.9 Å². The average Bonchev–Trinajstić information content (AvgIpc) is 2.86. The first-order valence-corrected chi connectivity index (χ1v) is 6.76. The molecule has 1 heterocycles. The zero-order valence-electron chi connectivity index (χ0n) is 10.0. The summed E-state index contributed by atoms with van der Waals surface area (Å²) in [5.41, 5.74) is 1.86. The van der Waals surface area contributed by atoms with Gasteiger partial charge in [-0.25, -0.2) is 4.98 Å². The van der Waals surface area contributed by atoms with Gasteiger partial charge < -0.3 is 5.11 Å². The molecule has 19 heavy (non-hydrogen) atoms. The van der Waals surface area contributed by atoms with Crippen molar-refractivity contribution in [3.05, 3.63) is 52.9 Å². The van der Waals surface area contributed by atoms with Gasteiger partial charge in [0.25, 0.3) is 0 Å². The second-order valence-electron chi connectivity index (χ2n) is 4.26. The molecule has 2 aromatic carbocycles. The molecule has 0 bridgehead atoms.